The van der Waals surface area contributed by atoms with Gasteiger partial charge in [0.05, 0.1) is 6.10 Å². The molecule has 0 saturated carbocycles. The molecule has 1 unspecified atom stereocenters. The minimum absolute atomic E-state index is 0. The van der Waals surface area contributed by atoms with E-state index in [0.717, 1.165) is 0 Å². The van der Waals surface area contributed by atoms with Gasteiger partial charge in [0.1, 0.15) is 0 Å². The van der Waals surface area contributed by atoms with Gasteiger partial charge in [-0.2, -0.15) is 0 Å². The maximum absolute atomic E-state index is 8.23. The Balaban J connectivity index is -0.00000000533. The van der Waals surface area contributed by atoms with Gasteiger partial charge in [-0.1, -0.05) is 29.7 Å². The molecule has 0 bridgehead atoms. The summed E-state index contributed by atoms with van der Waals surface area (Å²) in [6.45, 7) is 1.65. The third-order valence-corrected chi connectivity index (χ3v) is 0.670. The molecule has 0 heterocycles. The fraction of sp³-hybridized carbons (Fsp3) is 1.00. The van der Waals surface area contributed by atoms with E-state index in [2.05, 4.69) is 0 Å². The van der Waals surface area contributed by atoms with Crippen molar-refractivity contribution in [3.05, 3.63) is 0 Å². The number of alkyl halides is 1. The van der Waals surface area contributed by atoms with Crippen LogP contribution in [0.2, 0.25) is 0 Å². The van der Waals surface area contributed by atoms with Crippen LogP contribution in [0.3, 0.4) is 0 Å². The van der Waals surface area contributed by atoms with Crippen molar-refractivity contribution in [2.24, 2.45) is 0 Å². The van der Waals surface area contributed by atoms with Crippen LogP contribution in [-0.2, 0) is 0 Å². The van der Waals surface area contributed by atoms with E-state index in [1.807, 2.05) is 0 Å². The molecule has 1 N–H and O–H groups in total. The highest BCUT2D eigenvalue weighted by molar-refractivity contribution is 6.18. The van der Waals surface area contributed by atoms with Gasteiger partial charge in [0.2, 0.25) is 0 Å². The van der Waals surface area contributed by atoms with E-state index in [-0.39, 0.29) is 60.6 Å². The Morgan fingerprint density at radius 3 is 1.18 bits per heavy atom. The monoisotopic (exact) mass is 230 g/mol. The molecule has 0 spiro atoms. The Kier molecular flexibility index (Phi) is 243. The Morgan fingerprint density at radius 2 is 1.18 bits per heavy atom. The van der Waals surface area contributed by atoms with E-state index in [4.69, 9.17) is 16.7 Å². The van der Waals surface area contributed by atoms with E-state index >= 15 is 0 Å². The van der Waals surface area contributed by atoms with Gasteiger partial charge in [0, 0.05) is 5.88 Å². The first kappa shape index (κ1) is 59.5. The van der Waals surface area contributed by atoms with Crippen LogP contribution in [0.1, 0.15) is 36.6 Å². The zero-order valence-corrected chi connectivity index (χ0v) is 6.32. The lowest BCUT2D eigenvalue weighted by atomic mass is 10.5. The maximum Gasteiger partial charge on any atom is 0.0647 e. The van der Waals surface area contributed by atoms with Crippen LogP contribution in [0, 0.1) is 0 Å². The summed E-state index contributed by atoms with van der Waals surface area (Å²) < 4.78 is 0. The summed E-state index contributed by atoms with van der Waals surface area (Å²) in [6, 6.07) is 0. The number of hydrogen-bond donors (Lipinski definition) is 1. The smallest absolute Gasteiger partial charge is 0.0647 e. The highest BCUT2D eigenvalue weighted by Gasteiger charge is 1.83. The Bertz CT molecular complexity index is 27.6. The molecule has 0 amide bonds. The number of aliphatic hydroxyl groups excluding tert-OH is 1. The van der Waals surface area contributed by atoms with Gasteiger partial charge in [-0.15, -0.1) is 36.4 Å². The summed E-state index contributed by atoms with van der Waals surface area (Å²) in [5, 5.41) is 8.23. The summed E-state index contributed by atoms with van der Waals surface area (Å²) >= 11 is 5.09. The molecular weight excluding hydrogens is 206 g/mol. The molecule has 0 saturated heterocycles. The van der Waals surface area contributed by atoms with E-state index in [0.29, 0.717) is 5.88 Å². The Hall–Kier alpha value is 0.830. The van der Waals surface area contributed by atoms with E-state index in [1.54, 1.807) is 6.92 Å². The molecule has 0 aromatic carbocycles. The average Bonchev–Trinajstić information content (AvgIpc) is 1.38. The third-order valence-electron chi connectivity index (χ3n) is 0.223. The number of aliphatic hydroxyl groups is 1. The number of hydrogen-bond acceptors (Lipinski definition) is 1. The van der Waals surface area contributed by atoms with E-state index in [9.17, 15) is 0 Å². The largest absolute Gasteiger partial charge is 0.392 e. The van der Waals surface area contributed by atoms with Crippen molar-refractivity contribution >= 4 is 36.4 Å². The third kappa shape index (κ3) is 105. The molecule has 80 valence electrons. The second-order valence-corrected chi connectivity index (χ2v) is 1.31. The lowest BCUT2D eigenvalue weighted by Crippen LogP contribution is -1.98. The van der Waals surface area contributed by atoms with E-state index < -0.39 is 0 Å². The fourth-order valence-corrected chi connectivity index (χ4v) is 0. The molecule has 0 aromatic rings. The molecule has 11 heavy (non-hydrogen) atoms. The van der Waals surface area contributed by atoms with Crippen molar-refractivity contribution in [3.8, 4) is 0 Å². The van der Waals surface area contributed by atoms with Gasteiger partial charge in [-0.3, -0.25) is 0 Å². The molecule has 0 fully saturated rings. The van der Waals surface area contributed by atoms with Crippen molar-refractivity contribution in [2.75, 3.05) is 5.88 Å². The fourth-order valence-electron chi connectivity index (χ4n) is 0. The van der Waals surface area contributed by atoms with Gasteiger partial charge >= 0.3 is 0 Å². The predicted molar refractivity (Wildman–Crippen MR) is 63.8 cm³/mol. The highest BCUT2D eigenvalue weighted by atomic mass is 35.5. The van der Waals surface area contributed by atoms with Gasteiger partial charge < -0.3 is 5.11 Å². The second-order valence-electron chi connectivity index (χ2n) is 1.00. The van der Waals surface area contributed by atoms with Crippen molar-refractivity contribution in [3.63, 3.8) is 0 Å². The number of halogens is 3. The SMILES string of the molecule is C.C.C.C.CC(O)CCl.Cl.Cl. The van der Waals surface area contributed by atoms with Gasteiger partial charge in [-0.05, 0) is 6.92 Å². The van der Waals surface area contributed by atoms with Crippen molar-refractivity contribution in [1.29, 1.82) is 0 Å². The standard InChI is InChI=1S/C3H7ClO.4CH4.2ClH/c1-3(5)2-4;;;;;;/h3,5H,2H2,1H3;4*1H4;2*1H. The lowest BCUT2D eigenvalue weighted by molar-refractivity contribution is 0.219. The normalized spacial score (nSPS) is 6.82. The van der Waals surface area contributed by atoms with Crippen molar-refractivity contribution in [2.45, 2.75) is 42.7 Å². The van der Waals surface area contributed by atoms with Crippen LogP contribution in [-0.4, -0.2) is 17.1 Å². The lowest BCUT2D eigenvalue weighted by Gasteiger charge is -1.88. The molecule has 0 aliphatic carbocycles. The van der Waals surface area contributed by atoms with Crippen LogP contribution >= 0.6 is 36.4 Å². The summed E-state index contributed by atoms with van der Waals surface area (Å²) in [4.78, 5) is 0. The first-order valence-corrected chi connectivity index (χ1v) is 2.05. The molecular formula is C7H25Cl3O. The first-order valence-electron chi connectivity index (χ1n) is 1.51. The highest BCUT2D eigenvalue weighted by Crippen LogP contribution is 1.80. The molecule has 0 aromatic heterocycles. The average molecular weight is 232 g/mol. The number of rotatable bonds is 1. The zero-order chi connectivity index (χ0) is 4.28. The van der Waals surface area contributed by atoms with Crippen LogP contribution in [0.4, 0.5) is 0 Å². The predicted octanol–water partition coefficient (Wildman–Crippen LogP) is 3.99. The molecule has 0 aliphatic heterocycles. The Morgan fingerprint density at radius 1 is 1.09 bits per heavy atom. The Labute approximate surface area is 90.4 Å². The summed E-state index contributed by atoms with van der Waals surface area (Å²) in [6.07, 6.45) is -0.350. The zero-order valence-electron chi connectivity index (χ0n) is 3.93. The molecule has 1 atom stereocenters. The van der Waals surface area contributed by atoms with Gasteiger partial charge in [0.25, 0.3) is 0 Å². The van der Waals surface area contributed by atoms with Crippen molar-refractivity contribution in [1.82, 2.24) is 0 Å². The van der Waals surface area contributed by atoms with Crippen LogP contribution < -0.4 is 0 Å². The van der Waals surface area contributed by atoms with Crippen LogP contribution in [0.25, 0.3) is 0 Å². The maximum atomic E-state index is 8.23. The van der Waals surface area contributed by atoms with Crippen LogP contribution in [0.15, 0.2) is 0 Å². The summed E-state index contributed by atoms with van der Waals surface area (Å²) in [5.74, 6) is 0.333. The first-order chi connectivity index (χ1) is 2.27. The van der Waals surface area contributed by atoms with E-state index in [1.165, 1.54) is 0 Å². The summed E-state index contributed by atoms with van der Waals surface area (Å²) in [7, 11) is 0. The molecule has 0 rings (SSSR count). The topological polar surface area (TPSA) is 20.2 Å². The molecule has 0 aliphatic rings. The van der Waals surface area contributed by atoms with Gasteiger partial charge in [-0.25, -0.2) is 0 Å². The minimum atomic E-state index is -0.350. The molecule has 4 heteroatoms. The second kappa shape index (κ2) is 44.9. The molecule has 0 radical (unpaired) electrons. The van der Waals surface area contributed by atoms with Crippen molar-refractivity contribution < 1.29 is 5.11 Å². The van der Waals surface area contributed by atoms with Crippen LogP contribution in [0.5, 0.6) is 0 Å². The summed E-state index contributed by atoms with van der Waals surface area (Å²) in [5.41, 5.74) is 0. The molecule has 1 nitrogen and oxygen atoms in total. The van der Waals surface area contributed by atoms with Gasteiger partial charge in [0.15, 0.2) is 0 Å². The quantitative estimate of drug-likeness (QED) is 0.677. The minimum Gasteiger partial charge on any atom is -0.392 e.